The van der Waals surface area contributed by atoms with Crippen LogP contribution in [0.3, 0.4) is 0 Å². The van der Waals surface area contributed by atoms with E-state index in [0.29, 0.717) is 4.47 Å². The van der Waals surface area contributed by atoms with Gasteiger partial charge in [0.25, 0.3) is 5.95 Å². The molecule has 1 aliphatic heterocycles. The fourth-order valence-corrected chi connectivity index (χ4v) is 2.92. The highest BCUT2D eigenvalue weighted by atomic mass is 79.9. The standard InChI is InChI=1S/C10H11BrFNO4S/c11-4-1-6(9(12)13-2-4)17-10-8(16)7(15)5(14)3-18-10/h1-2,5,7-8,10,14-16H,3H2/t5-,7+,8-,10-/m1/s1. The predicted octanol–water partition coefficient (Wildman–Crippen LogP) is 0.518. The number of hydrogen-bond donors (Lipinski definition) is 3. The summed E-state index contributed by atoms with van der Waals surface area (Å²) >= 11 is 4.23. The van der Waals surface area contributed by atoms with E-state index in [2.05, 4.69) is 20.9 Å². The van der Waals surface area contributed by atoms with E-state index < -0.39 is 29.7 Å². The molecule has 0 unspecified atom stereocenters. The minimum atomic E-state index is -1.31. The van der Waals surface area contributed by atoms with Gasteiger partial charge in [0.2, 0.25) is 0 Å². The second-order valence-electron chi connectivity index (χ2n) is 3.81. The van der Waals surface area contributed by atoms with Crippen LogP contribution in [0.5, 0.6) is 5.75 Å². The molecule has 4 atom stereocenters. The third-order valence-electron chi connectivity index (χ3n) is 2.47. The molecule has 18 heavy (non-hydrogen) atoms. The van der Waals surface area contributed by atoms with Gasteiger partial charge < -0.3 is 20.1 Å². The van der Waals surface area contributed by atoms with Crippen molar-refractivity contribution in [3.63, 3.8) is 0 Å². The van der Waals surface area contributed by atoms with Crippen LogP contribution in [0, 0.1) is 5.95 Å². The summed E-state index contributed by atoms with van der Waals surface area (Å²) in [6.45, 7) is 0. The van der Waals surface area contributed by atoms with E-state index in [9.17, 15) is 19.7 Å². The molecular weight excluding hydrogens is 329 g/mol. The van der Waals surface area contributed by atoms with Gasteiger partial charge in [0.15, 0.2) is 11.2 Å². The Kier molecular flexibility index (Phi) is 4.44. The Hall–Kier alpha value is -0.410. The van der Waals surface area contributed by atoms with E-state index >= 15 is 0 Å². The first-order valence-electron chi connectivity index (χ1n) is 5.12. The first kappa shape index (κ1) is 14.0. The number of hydrogen-bond acceptors (Lipinski definition) is 6. The van der Waals surface area contributed by atoms with Crippen molar-refractivity contribution in [3.05, 3.63) is 22.7 Å². The molecule has 0 aromatic carbocycles. The van der Waals surface area contributed by atoms with Crippen molar-refractivity contribution in [1.29, 1.82) is 0 Å². The third-order valence-corrected chi connectivity index (χ3v) is 4.14. The Morgan fingerprint density at radius 2 is 2.11 bits per heavy atom. The molecule has 0 amide bonds. The summed E-state index contributed by atoms with van der Waals surface area (Å²) in [7, 11) is 0. The van der Waals surface area contributed by atoms with Crippen LogP contribution in [0.4, 0.5) is 4.39 Å². The van der Waals surface area contributed by atoms with Crippen molar-refractivity contribution in [1.82, 2.24) is 4.98 Å². The van der Waals surface area contributed by atoms with Crippen LogP contribution >= 0.6 is 27.7 Å². The number of thioether (sulfide) groups is 1. The molecule has 1 aromatic heterocycles. The third kappa shape index (κ3) is 2.94. The number of aliphatic hydroxyl groups is 3. The average molecular weight is 340 g/mol. The second kappa shape index (κ2) is 5.70. The van der Waals surface area contributed by atoms with E-state index in [1.807, 2.05) is 0 Å². The maximum Gasteiger partial charge on any atom is 0.255 e. The molecule has 5 nitrogen and oxygen atoms in total. The van der Waals surface area contributed by atoms with Crippen molar-refractivity contribution in [2.45, 2.75) is 23.7 Å². The van der Waals surface area contributed by atoms with E-state index in [1.165, 1.54) is 12.3 Å². The fraction of sp³-hybridized carbons (Fsp3) is 0.500. The van der Waals surface area contributed by atoms with E-state index in [0.717, 1.165) is 11.8 Å². The van der Waals surface area contributed by atoms with E-state index in [1.54, 1.807) is 0 Å². The van der Waals surface area contributed by atoms with Crippen LogP contribution < -0.4 is 4.74 Å². The molecule has 100 valence electrons. The van der Waals surface area contributed by atoms with Gasteiger partial charge in [0.05, 0.1) is 6.10 Å². The van der Waals surface area contributed by atoms with Gasteiger partial charge in [-0.3, -0.25) is 0 Å². The highest BCUT2D eigenvalue weighted by Gasteiger charge is 2.38. The Morgan fingerprint density at radius 3 is 2.83 bits per heavy atom. The van der Waals surface area contributed by atoms with Crippen LogP contribution in [0.1, 0.15) is 0 Å². The summed E-state index contributed by atoms with van der Waals surface area (Å²) in [6.07, 6.45) is -2.34. The summed E-state index contributed by atoms with van der Waals surface area (Å²) < 4.78 is 19.2. The smallest absolute Gasteiger partial charge is 0.255 e. The lowest BCUT2D eigenvalue weighted by atomic mass is 10.1. The van der Waals surface area contributed by atoms with Gasteiger partial charge in [-0.05, 0) is 15.9 Å². The molecular formula is C10H11BrFNO4S. The predicted molar refractivity (Wildman–Crippen MR) is 66.8 cm³/mol. The SMILES string of the molecule is O[C@@H]1[C@@H](O)[C@H](Oc2cc(Br)cnc2F)SC[C@H]1O. The highest BCUT2D eigenvalue weighted by Crippen LogP contribution is 2.30. The first-order chi connectivity index (χ1) is 8.49. The Morgan fingerprint density at radius 1 is 1.39 bits per heavy atom. The average Bonchev–Trinajstić information content (AvgIpc) is 2.34. The van der Waals surface area contributed by atoms with Gasteiger partial charge in [-0.15, -0.1) is 11.8 Å². The normalized spacial score (nSPS) is 32.3. The van der Waals surface area contributed by atoms with Gasteiger partial charge in [-0.2, -0.15) is 4.39 Å². The number of rotatable bonds is 2. The van der Waals surface area contributed by atoms with Crippen molar-refractivity contribution >= 4 is 27.7 Å². The summed E-state index contributed by atoms with van der Waals surface area (Å²) in [5.41, 5.74) is -0.853. The summed E-state index contributed by atoms with van der Waals surface area (Å²) in [5, 5.41) is 28.6. The van der Waals surface area contributed by atoms with Crippen molar-refractivity contribution in [2.24, 2.45) is 0 Å². The van der Waals surface area contributed by atoms with E-state index in [4.69, 9.17) is 4.74 Å². The number of aliphatic hydroxyl groups excluding tert-OH is 3. The lowest BCUT2D eigenvalue weighted by molar-refractivity contribution is -0.0790. The Bertz CT molecular complexity index is 438. The minimum Gasteiger partial charge on any atom is -0.472 e. The molecule has 8 heteroatoms. The van der Waals surface area contributed by atoms with Gasteiger partial charge in [-0.25, -0.2) is 4.98 Å². The van der Waals surface area contributed by atoms with Gasteiger partial charge in [0.1, 0.15) is 12.2 Å². The molecule has 0 radical (unpaired) electrons. The van der Waals surface area contributed by atoms with Crippen LogP contribution in [0.2, 0.25) is 0 Å². The fourth-order valence-electron chi connectivity index (χ4n) is 1.49. The number of ether oxygens (including phenoxy) is 1. The molecule has 1 aromatic rings. The lowest BCUT2D eigenvalue weighted by Crippen LogP contribution is -2.50. The topological polar surface area (TPSA) is 82.8 Å². The number of pyridine rings is 1. The lowest BCUT2D eigenvalue weighted by Gasteiger charge is -2.34. The van der Waals surface area contributed by atoms with E-state index in [-0.39, 0.29) is 11.5 Å². The minimum absolute atomic E-state index is 0.121. The first-order valence-corrected chi connectivity index (χ1v) is 6.96. The molecule has 2 heterocycles. The highest BCUT2D eigenvalue weighted by molar-refractivity contribution is 9.10. The quantitative estimate of drug-likeness (QED) is 0.681. The zero-order chi connectivity index (χ0) is 13.3. The van der Waals surface area contributed by atoms with Crippen LogP contribution in [-0.2, 0) is 0 Å². The van der Waals surface area contributed by atoms with Crippen LogP contribution in [-0.4, -0.2) is 49.8 Å². The monoisotopic (exact) mass is 339 g/mol. The molecule has 3 N–H and O–H groups in total. The molecule has 0 bridgehead atoms. The maximum atomic E-state index is 13.4. The maximum absolute atomic E-state index is 13.4. The number of halogens is 2. The zero-order valence-electron chi connectivity index (χ0n) is 9.03. The summed E-state index contributed by atoms with van der Waals surface area (Å²) in [6, 6.07) is 1.38. The molecule has 1 fully saturated rings. The van der Waals surface area contributed by atoms with Crippen LogP contribution in [0.15, 0.2) is 16.7 Å². The molecule has 1 aliphatic rings. The number of nitrogens with zero attached hydrogens (tertiary/aromatic N) is 1. The molecule has 2 rings (SSSR count). The molecule has 0 saturated carbocycles. The summed E-state index contributed by atoms with van der Waals surface area (Å²) in [5.74, 6) is -0.720. The largest absolute Gasteiger partial charge is 0.472 e. The Balaban J connectivity index is 2.11. The second-order valence-corrected chi connectivity index (χ2v) is 5.86. The number of aromatic nitrogens is 1. The Labute approximate surface area is 115 Å². The van der Waals surface area contributed by atoms with Gasteiger partial charge in [0, 0.05) is 22.5 Å². The van der Waals surface area contributed by atoms with Crippen molar-refractivity contribution < 1.29 is 24.4 Å². The molecule has 1 saturated heterocycles. The molecule has 0 aliphatic carbocycles. The van der Waals surface area contributed by atoms with Gasteiger partial charge >= 0.3 is 0 Å². The van der Waals surface area contributed by atoms with Gasteiger partial charge in [-0.1, -0.05) is 0 Å². The van der Waals surface area contributed by atoms with Crippen molar-refractivity contribution in [3.8, 4) is 5.75 Å². The van der Waals surface area contributed by atoms with Crippen molar-refractivity contribution in [2.75, 3.05) is 5.75 Å². The summed E-state index contributed by atoms with van der Waals surface area (Å²) in [4.78, 5) is 3.46. The zero-order valence-corrected chi connectivity index (χ0v) is 11.4. The molecule has 0 spiro atoms. The van der Waals surface area contributed by atoms with Crippen LogP contribution in [0.25, 0.3) is 0 Å².